The van der Waals surface area contributed by atoms with Crippen LogP contribution in [0.1, 0.15) is 34.5 Å². The maximum absolute atomic E-state index is 12.6. The Kier molecular flexibility index (Phi) is 6.34. The summed E-state index contributed by atoms with van der Waals surface area (Å²) in [5.41, 5.74) is 1.70. The molecule has 0 atom stereocenters. The largest absolute Gasteiger partial charge is 0.473 e. The molecule has 0 unspecified atom stereocenters. The first kappa shape index (κ1) is 21.1. The second kappa shape index (κ2) is 9.32. The van der Waals surface area contributed by atoms with Gasteiger partial charge >= 0.3 is 0 Å². The summed E-state index contributed by atoms with van der Waals surface area (Å²) < 4.78 is 37.6. The summed E-state index contributed by atoms with van der Waals surface area (Å²) in [4.78, 5) is 16.7. The van der Waals surface area contributed by atoms with Gasteiger partial charge in [-0.05, 0) is 36.6 Å². The number of sulfonamides is 1. The minimum absolute atomic E-state index is 0.0617. The molecule has 2 aromatic heterocycles. The van der Waals surface area contributed by atoms with Crippen molar-refractivity contribution in [2.75, 3.05) is 13.1 Å². The van der Waals surface area contributed by atoms with Crippen LogP contribution in [-0.2, 0) is 23.2 Å². The highest BCUT2D eigenvalue weighted by molar-refractivity contribution is 7.89. The Morgan fingerprint density at radius 3 is 2.61 bits per heavy atom. The van der Waals surface area contributed by atoms with Crippen molar-refractivity contribution in [2.24, 2.45) is 0 Å². The molecule has 0 bridgehead atoms. The Morgan fingerprint density at radius 1 is 1.06 bits per heavy atom. The molecular weight excluding hydrogens is 418 g/mol. The van der Waals surface area contributed by atoms with Gasteiger partial charge in [0.2, 0.25) is 11.0 Å². The van der Waals surface area contributed by atoms with Crippen molar-refractivity contribution >= 4 is 15.9 Å². The number of hydrogen-bond acceptors (Lipinski definition) is 6. The summed E-state index contributed by atoms with van der Waals surface area (Å²) >= 11 is 0. The zero-order valence-electron chi connectivity index (χ0n) is 16.9. The van der Waals surface area contributed by atoms with Crippen LogP contribution < -0.4 is 10.1 Å². The van der Waals surface area contributed by atoms with Gasteiger partial charge in [0.05, 0.1) is 0 Å². The van der Waals surface area contributed by atoms with E-state index in [1.165, 1.54) is 16.4 Å². The van der Waals surface area contributed by atoms with Crippen molar-refractivity contribution in [2.45, 2.75) is 31.1 Å². The molecule has 1 aromatic carbocycles. The summed E-state index contributed by atoms with van der Waals surface area (Å²) in [6.45, 7) is 1.45. The highest BCUT2D eigenvalue weighted by atomic mass is 32.2. The maximum Gasteiger partial charge on any atom is 0.287 e. The van der Waals surface area contributed by atoms with Crippen LogP contribution >= 0.6 is 0 Å². The normalized spacial score (nSPS) is 14.5. The first-order chi connectivity index (χ1) is 15.0. The molecule has 0 saturated carbocycles. The van der Waals surface area contributed by atoms with Crippen molar-refractivity contribution in [1.82, 2.24) is 14.6 Å². The SMILES string of the molecule is O=C(NCc1cccnc1OCc1ccccc1)c1ccc(S(=O)(=O)N2CCCC2)o1. The van der Waals surface area contributed by atoms with Crippen LogP contribution in [0.2, 0.25) is 0 Å². The Balaban J connectivity index is 1.39. The van der Waals surface area contributed by atoms with Gasteiger partial charge in [-0.25, -0.2) is 13.4 Å². The molecule has 1 amide bonds. The van der Waals surface area contributed by atoms with Crippen molar-refractivity contribution in [3.63, 3.8) is 0 Å². The third-order valence-electron chi connectivity index (χ3n) is 4.97. The molecule has 0 radical (unpaired) electrons. The van der Waals surface area contributed by atoms with Crippen LogP contribution in [0.5, 0.6) is 5.88 Å². The zero-order chi connectivity index (χ0) is 21.7. The van der Waals surface area contributed by atoms with E-state index in [9.17, 15) is 13.2 Å². The summed E-state index contributed by atoms with van der Waals surface area (Å²) in [6, 6.07) is 15.9. The number of rotatable bonds is 8. The van der Waals surface area contributed by atoms with E-state index in [0.29, 0.717) is 31.1 Å². The monoisotopic (exact) mass is 441 g/mol. The summed E-state index contributed by atoms with van der Waals surface area (Å²) in [5, 5.41) is 2.51. The van der Waals surface area contributed by atoms with E-state index in [-0.39, 0.29) is 17.4 Å². The third-order valence-corrected chi connectivity index (χ3v) is 6.74. The molecule has 1 N–H and O–H groups in total. The van der Waals surface area contributed by atoms with Gasteiger partial charge in [-0.2, -0.15) is 4.31 Å². The number of hydrogen-bond donors (Lipinski definition) is 1. The molecule has 8 nitrogen and oxygen atoms in total. The predicted molar refractivity (Wildman–Crippen MR) is 113 cm³/mol. The quantitative estimate of drug-likeness (QED) is 0.577. The minimum atomic E-state index is -3.70. The van der Waals surface area contributed by atoms with Crippen LogP contribution in [0.25, 0.3) is 0 Å². The van der Waals surface area contributed by atoms with E-state index in [2.05, 4.69) is 10.3 Å². The van der Waals surface area contributed by atoms with E-state index in [1.807, 2.05) is 30.3 Å². The summed E-state index contributed by atoms with van der Waals surface area (Å²) in [7, 11) is -3.70. The average molecular weight is 442 g/mol. The van der Waals surface area contributed by atoms with Crippen LogP contribution in [-0.4, -0.2) is 36.7 Å². The molecule has 0 spiro atoms. The number of pyridine rings is 1. The number of nitrogens with one attached hydrogen (secondary N) is 1. The lowest BCUT2D eigenvalue weighted by Crippen LogP contribution is -2.27. The van der Waals surface area contributed by atoms with Gasteiger partial charge in [-0.3, -0.25) is 4.79 Å². The van der Waals surface area contributed by atoms with Gasteiger partial charge in [-0.15, -0.1) is 0 Å². The summed E-state index contributed by atoms with van der Waals surface area (Å²) in [6.07, 6.45) is 3.27. The number of nitrogens with zero attached hydrogens (tertiary/aromatic N) is 2. The van der Waals surface area contributed by atoms with Crippen molar-refractivity contribution in [3.8, 4) is 5.88 Å². The van der Waals surface area contributed by atoms with E-state index >= 15 is 0 Å². The molecule has 1 aliphatic rings. The average Bonchev–Trinajstić information content (AvgIpc) is 3.50. The molecule has 9 heteroatoms. The molecule has 1 aliphatic heterocycles. The standard InChI is InChI=1S/C22H23N3O5S/c26-21(19-10-11-20(30-19)31(27,28)25-13-4-5-14-25)24-15-18-9-6-12-23-22(18)29-16-17-7-2-1-3-8-17/h1-3,6-12H,4-5,13-16H2,(H,24,26). The molecule has 4 rings (SSSR count). The number of carbonyl (C=O) groups is 1. The van der Waals surface area contributed by atoms with Crippen LogP contribution in [0.4, 0.5) is 0 Å². The van der Waals surface area contributed by atoms with Crippen LogP contribution in [0.3, 0.4) is 0 Å². The lowest BCUT2D eigenvalue weighted by atomic mass is 10.2. The third kappa shape index (κ3) is 4.95. The zero-order valence-corrected chi connectivity index (χ0v) is 17.7. The summed E-state index contributed by atoms with van der Waals surface area (Å²) in [5.74, 6) is -0.155. The fourth-order valence-corrected chi connectivity index (χ4v) is 4.74. The fourth-order valence-electron chi connectivity index (χ4n) is 3.31. The second-order valence-corrected chi connectivity index (χ2v) is 9.02. The Bertz CT molecular complexity index is 1140. The second-order valence-electron chi connectivity index (χ2n) is 7.15. The van der Waals surface area contributed by atoms with Gasteiger partial charge < -0.3 is 14.5 Å². The molecule has 31 heavy (non-hydrogen) atoms. The first-order valence-corrected chi connectivity index (χ1v) is 11.5. The van der Waals surface area contributed by atoms with Gasteiger partial charge in [0.15, 0.2) is 5.76 Å². The van der Waals surface area contributed by atoms with Crippen molar-refractivity contribution in [1.29, 1.82) is 0 Å². The molecule has 162 valence electrons. The molecule has 0 aliphatic carbocycles. The minimum Gasteiger partial charge on any atom is -0.473 e. The lowest BCUT2D eigenvalue weighted by molar-refractivity contribution is 0.0917. The molecule has 1 fully saturated rings. The number of aromatic nitrogens is 1. The number of amides is 1. The maximum atomic E-state index is 12.6. The highest BCUT2D eigenvalue weighted by Crippen LogP contribution is 2.23. The number of ether oxygens (including phenoxy) is 1. The van der Waals surface area contributed by atoms with Crippen molar-refractivity contribution < 1.29 is 22.4 Å². The highest BCUT2D eigenvalue weighted by Gasteiger charge is 2.30. The Hall–Kier alpha value is -3.17. The van der Waals surface area contributed by atoms with Crippen LogP contribution in [0, 0.1) is 0 Å². The van der Waals surface area contributed by atoms with Gasteiger partial charge in [0.25, 0.3) is 15.9 Å². The number of benzene rings is 1. The van der Waals surface area contributed by atoms with Gasteiger partial charge in [0.1, 0.15) is 6.61 Å². The van der Waals surface area contributed by atoms with E-state index in [0.717, 1.165) is 18.4 Å². The van der Waals surface area contributed by atoms with Gasteiger partial charge in [0, 0.05) is 31.4 Å². The first-order valence-electron chi connectivity index (χ1n) is 10.0. The molecular formula is C22H23N3O5S. The Labute approximate surface area is 180 Å². The molecule has 1 saturated heterocycles. The van der Waals surface area contributed by atoms with E-state index < -0.39 is 15.9 Å². The topological polar surface area (TPSA) is 102 Å². The smallest absolute Gasteiger partial charge is 0.287 e. The lowest BCUT2D eigenvalue weighted by Gasteiger charge is -2.12. The predicted octanol–water partition coefficient (Wildman–Crippen LogP) is 2.97. The fraction of sp³-hybridized carbons (Fsp3) is 0.273. The van der Waals surface area contributed by atoms with Crippen molar-refractivity contribution in [3.05, 3.63) is 77.7 Å². The molecule has 3 aromatic rings. The van der Waals surface area contributed by atoms with Gasteiger partial charge in [-0.1, -0.05) is 36.4 Å². The Morgan fingerprint density at radius 2 is 1.84 bits per heavy atom. The van der Waals surface area contributed by atoms with Crippen LogP contribution in [0.15, 0.2) is 70.3 Å². The number of carbonyl (C=O) groups excluding carboxylic acids is 1. The van der Waals surface area contributed by atoms with E-state index in [1.54, 1.807) is 18.3 Å². The molecule has 3 heterocycles. The number of furan rings is 1. The van der Waals surface area contributed by atoms with E-state index in [4.69, 9.17) is 9.15 Å².